The molecule has 5 heteroatoms. The van der Waals surface area contributed by atoms with Crippen LogP contribution < -0.4 is 0 Å². The molecule has 3 rings (SSSR count). The van der Waals surface area contributed by atoms with Gasteiger partial charge in [0, 0.05) is 5.69 Å². The number of phenols is 1. The van der Waals surface area contributed by atoms with Gasteiger partial charge in [-0.25, -0.2) is 0 Å². The van der Waals surface area contributed by atoms with Gasteiger partial charge < -0.3 is 5.11 Å². The number of phenolic OH excluding ortho intramolecular Hbond substituents is 1. The molecule has 0 spiro atoms. The Morgan fingerprint density at radius 3 is 2.60 bits per heavy atom. The third-order valence-electron chi connectivity index (χ3n) is 3.05. The molecule has 0 fully saturated rings. The topological polar surface area (TPSA) is 50.9 Å². The fourth-order valence-corrected chi connectivity index (χ4v) is 2.37. The molecular formula is C15H13N3OS. The molecule has 1 N–H and O–H groups in total. The van der Waals surface area contributed by atoms with Crippen LogP contribution in [-0.4, -0.2) is 19.9 Å². The molecule has 0 atom stereocenters. The van der Waals surface area contributed by atoms with Crippen LogP contribution in [0.15, 0.2) is 53.7 Å². The molecule has 20 heavy (non-hydrogen) atoms. The van der Waals surface area contributed by atoms with Crippen molar-refractivity contribution in [3.05, 3.63) is 54.1 Å². The average Bonchev–Trinajstić information content (AvgIpc) is 2.81. The molecule has 0 amide bonds. The number of hydrogen-bond acceptors (Lipinski definition) is 4. The maximum atomic E-state index is 9.99. The molecule has 4 nitrogen and oxygen atoms in total. The lowest BCUT2D eigenvalue weighted by Gasteiger charge is -2.10. The second kappa shape index (κ2) is 5.02. The van der Waals surface area contributed by atoms with Crippen molar-refractivity contribution in [2.24, 2.45) is 0 Å². The number of rotatable bonds is 2. The monoisotopic (exact) mass is 283 g/mol. The zero-order valence-electron chi connectivity index (χ0n) is 10.9. The first kappa shape index (κ1) is 12.7. The second-order valence-electron chi connectivity index (χ2n) is 4.52. The van der Waals surface area contributed by atoms with E-state index in [9.17, 15) is 5.11 Å². The summed E-state index contributed by atoms with van der Waals surface area (Å²) < 4.78 is 1.81. The van der Waals surface area contributed by atoms with Gasteiger partial charge in [-0.15, -0.1) is 22.8 Å². The number of nitrogens with zero attached hydrogens (tertiary/aromatic N) is 3. The molecule has 0 aliphatic rings. The van der Waals surface area contributed by atoms with Gasteiger partial charge in [-0.1, -0.05) is 24.3 Å². The number of thiol groups is 1. The SMILES string of the molecule is Cc1cccc(-n2c(S)nnc2-c2ccccc2O)c1. The van der Waals surface area contributed by atoms with Crippen molar-refractivity contribution in [1.82, 2.24) is 14.8 Å². The van der Waals surface area contributed by atoms with Gasteiger partial charge in [0.25, 0.3) is 0 Å². The van der Waals surface area contributed by atoms with E-state index in [4.69, 9.17) is 0 Å². The van der Waals surface area contributed by atoms with E-state index in [1.54, 1.807) is 18.2 Å². The lowest BCUT2D eigenvalue weighted by Crippen LogP contribution is -1.98. The Labute approximate surface area is 122 Å². The van der Waals surface area contributed by atoms with Gasteiger partial charge in [0.15, 0.2) is 11.0 Å². The molecule has 0 aliphatic carbocycles. The summed E-state index contributed by atoms with van der Waals surface area (Å²) >= 11 is 4.36. The molecule has 1 heterocycles. The minimum absolute atomic E-state index is 0.169. The van der Waals surface area contributed by atoms with Gasteiger partial charge in [0.1, 0.15) is 5.75 Å². The van der Waals surface area contributed by atoms with Crippen molar-refractivity contribution in [2.45, 2.75) is 12.1 Å². The number of hydrogen-bond donors (Lipinski definition) is 2. The van der Waals surface area contributed by atoms with Gasteiger partial charge in [-0.3, -0.25) is 4.57 Å². The van der Waals surface area contributed by atoms with Crippen molar-refractivity contribution in [1.29, 1.82) is 0 Å². The van der Waals surface area contributed by atoms with Crippen LogP contribution in [0.5, 0.6) is 5.75 Å². The highest BCUT2D eigenvalue weighted by atomic mass is 32.1. The zero-order chi connectivity index (χ0) is 14.1. The first-order valence-corrected chi connectivity index (χ1v) is 6.61. The molecule has 1 aromatic heterocycles. The van der Waals surface area contributed by atoms with E-state index in [0.717, 1.165) is 11.3 Å². The molecular weight excluding hydrogens is 270 g/mol. The summed E-state index contributed by atoms with van der Waals surface area (Å²) in [4.78, 5) is 0. The maximum absolute atomic E-state index is 9.99. The highest BCUT2D eigenvalue weighted by molar-refractivity contribution is 7.80. The van der Waals surface area contributed by atoms with Crippen molar-refractivity contribution >= 4 is 12.6 Å². The van der Waals surface area contributed by atoms with E-state index in [2.05, 4.69) is 22.8 Å². The van der Waals surface area contributed by atoms with E-state index in [1.165, 1.54) is 0 Å². The highest BCUT2D eigenvalue weighted by Crippen LogP contribution is 2.30. The van der Waals surface area contributed by atoms with Gasteiger partial charge in [0.05, 0.1) is 5.56 Å². The lowest BCUT2D eigenvalue weighted by atomic mass is 10.1. The fraction of sp³-hybridized carbons (Fsp3) is 0.0667. The zero-order valence-corrected chi connectivity index (χ0v) is 11.7. The number of benzene rings is 2. The average molecular weight is 283 g/mol. The molecule has 0 saturated heterocycles. The first-order valence-electron chi connectivity index (χ1n) is 6.16. The highest BCUT2D eigenvalue weighted by Gasteiger charge is 2.15. The molecule has 0 unspecified atom stereocenters. The van der Waals surface area contributed by atoms with Crippen LogP contribution in [-0.2, 0) is 0 Å². The Morgan fingerprint density at radius 1 is 1.05 bits per heavy atom. The summed E-state index contributed by atoms with van der Waals surface area (Å²) in [5, 5.41) is 18.6. The lowest BCUT2D eigenvalue weighted by molar-refractivity contribution is 0.476. The largest absolute Gasteiger partial charge is 0.507 e. The van der Waals surface area contributed by atoms with Gasteiger partial charge in [-0.05, 0) is 36.8 Å². The second-order valence-corrected chi connectivity index (χ2v) is 4.92. The van der Waals surface area contributed by atoms with Gasteiger partial charge in [-0.2, -0.15) is 0 Å². The predicted molar refractivity (Wildman–Crippen MR) is 80.4 cm³/mol. The summed E-state index contributed by atoms with van der Waals surface area (Å²) in [5.41, 5.74) is 2.67. The van der Waals surface area contributed by atoms with Crippen LogP contribution in [0.3, 0.4) is 0 Å². The molecule has 2 aromatic carbocycles. The number of aromatic nitrogens is 3. The maximum Gasteiger partial charge on any atom is 0.193 e. The van der Waals surface area contributed by atoms with E-state index in [1.807, 2.05) is 41.8 Å². The summed E-state index contributed by atoms with van der Waals surface area (Å²) in [7, 11) is 0. The minimum atomic E-state index is 0.169. The van der Waals surface area contributed by atoms with E-state index in [-0.39, 0.29) is 5.75 Å². The summed E-state index contributed by atoms with van der Waals surface area (Å²) in [6.45, 7) is 2.02. The van der Waals surface area contributed by atoms with E-state index in [0.29, 0.717) is 16.5 Å². The Balaban J connectivity index is 2.23. The molecule has 0 radical (unpaired) electrons. The first-order chi connectivity index (χ1) is 9.66. The summed E-state index contributed by atoms with van der Waals surface area (Å²) in [6, 6.07) is 15.0. The van der Waals surface area contributed by atoms with E-state index >= 15 is 0 Å². The standard InChI is InChI=1S/C15H13N3OS/c1-10-5-4-6-11(9-10)18-14(16-17-15(18)20)12-7-2-3-8-13(12)19/h2-9,19H,1H3,(H,17,20). The van der Waals surface area contributed by atoms with Gasteiger partial charge >= 0.3 is 0 Å². The fourth-order valence-electron chi connectivity index (χ4n) is 2.12. The van der Waals surface area contributed by atoms with Crippen LogP contribution >= 0.6 is 12.6 Å². The predicted octanol–water partition coefficient (Wildman–Crippen LogP) is 3.24. The van der Waals surface area contributed by atoms with Crippen molar-refractivity contribution < 1.29 is 5.11 Å². The number of aromatic hydroxyl groups is 1. The van der Waals surface area contributed by atoms with Crippen molar-refractivity contribution in [2.75, 3.05) is 0 Å². The van der Waals surface area contributed by atoms with Crippen LogP contribution in [0, 0.1) is 6.92 Å². The summed E-state index contributed by atoms with van der Waals surface area (Å²) in [5.74, 6) is 0.737. The Hall–Kier alpha value is -2.27. The van der Waals surface area contributed by atoms with Crippen molar-refractivity contribution in [3.63, 3.8) is 0 Å². The van der Waals surface area contributed by atoms with Gasteiger partial charge in [0.2, 0.25) is 0 Å². The Bertz CT molecular complexity index is 767. The van der Waals surface area contributed by atoms with E-state index < -0.39 is 0 Å². The molecule has 100 valence electrons. The third-order valence-corrected chi connectivity index (χ3v) is 3.34. The minimum Gasteiger partial charge on any atom is -0.507 e. The Morgan fingerprint density at radius 2 is 1.85 bits per heavy atom. The molecule has 3 aromatic rings. The van der Waals surface area contributed by atoms with Crippen molar-refractivity contribution in [3.8, 4) is 22.8 Å². The Kier molecular flexibility index (Phi) is 3.20. The van der Waals surface area contributed by atoms with Crippen LogP contribution in [0.2, 0.25) is 0 Å². The van der Waals surface area contributed by atoms with Crippen LogP contribution in [0.4, 0.5) is 0 Å². The number of aryl methyl sites for hydroxylation is 1. The summed E-state index contributed by atoms with van der Waals surface area (Å²) in [6.07, 6.45) is 0. The van der Waals surface area contributed by atoms with Crippen LogP contribution in [0.1, 0.15) is 5.56 Å². The molecule has 0 bridgehead atoms. The third kappa shape index (κ3) is 2.16. The smallest absolute Gasteiger partial charge is 0.193 e. The molecule has 0 aliphatic heterocycles. The molecule has 0 saturated carbocycles. The number of para-hydroxylation sites is 1. The normalized spacial score (nSPS) is 10.7. The van der Waals surface area contributed by atoms with Crippen LogP contribution in [0.25, 0.3) is 17.1 Å². The quantitative estimate of drug-likeness (QED) is 0.710.